The number of aliphatic hydroxyl groups excluding tert-OH is 2. The van der Waals surface area contributed by atoms with Crippen LogP contribution in [-0.4, -0.2) is 46.9 Å². The van der Waals surface area contributed by atoms with E-state index in [0.717, 1.165) is 103 Å². The van der Waals surface area contributed by atoms with Crippen LogP contribution in [0.2, 0.25) is 0 Å². The molecule has 0 saturated heterocycles. The van der Waals surface area contributed by atoms with Crippen molar-refractivity contribution in [3.05, 3.63) is 72.9 Å². The number of hydrogen-bond acceptors (Lipinski definition) is 5. The van der Waals surface area contributed by atoms with E-state index in [4.69, 9.17) is 4.74 Å². The van der Waals surface area contributed by atoms with Gasteiger partial charge in [-0.05, 0) is 96.3 Å². The summed E-state index contributed by atoms with van der Waals surface area (Å²) in [5, 5.41) is 23.8. The van der Waals surface area contributed by atoms with E-state index in [1.165, 1.54) is 103 Å². The molecule has 6 nitrogen and oxygen atoms in total. The lowest BCUT2D eigenvalue weighted by Gasteiger charge is -2.24. The Morgan fingerprint density at radius 2 is 0.857 bits per heavy atom. The Hall–Kier alpha value is -2.70. The van der Waals surface area contributed by atoms with Gasteiger partial charge in [-0.15, -0.1) is 0 Å². The summed E-state index contributed by atoms with van der Waals surface area (Å²) in [6.07, 6.45) is 63.9. The van der Waals surface area contributed by atoms with E-state index in [1.54, 1.807) is 0 Å². The predicted octanol–water partition coefficient (Wildman–Crippen LogP) is 16.2. The molecule has 3 N–H and O–H groups in total. The average Bonchev–Trinajstić information content (AvgIpc) is 3.28. The minimum absolute atomic E-state index is 0.0569. The first-order valence-corrected chi connectivity index (χ1v) is 26.7. The van der Waals surface area contributed by atoms with Gasteiger partial charge in [0.15, 0.2) is 0 Å². The number of aliphatic hydroxyl groups is 2. The lowest BCUT2D eigenvalue weighted by molar-refractivity contribution is -0.151. The summed E-state index contributed by atoms with van der Waals surface area (Å²) in [6, 6.07) is -0.713. The zero-order valence-corrected chi connectivity index (χ0v) is 41.4. The van der Waals surface area contributed by atoms with E-state index in [1.807, 2.05) is 0 Å². The topological polar surface area (TPSA) is 95.9 Å². The first-order valence-electron chi connectivity index (χ1n) is 26.7. The highest BCUT2D eigenvalue weighted by molar-refractivity contribution is 5.77. The predicted molar refractivity (Wildman–Crippen MR) is 273 cm³/mol. The molecule has 0 saturated carbocycles. The Morgan fingerprint density at radius 3 is 1.33 bits per heavy atom. The van der Waals surface area contributed by atoms with Crippen molar-refractivity contribution in [2.24, 2.45) is 0 Å². The van der Waals surface area contributed by atoms with Gasteiger partial charge < -0.3 is 20.3 Å². The highest BCUT2D eigenvalue weighted by Crippen LogP contribution is 2.17. The molecule has 3 unspecified atom stereocenters. The Labute approximate surface area is 390 Å². The molecule has 6 heteroatoms. The van der Waals surface area contributed by atoms with Gasteiger partial charge in [-0.1, -0.05) is 216 Å². The molecule has 63 heavy (non-hydrogen) atoms. The number of esters is 1. The minimum Gasteiger partial charge on any atom is -0.462 e. The number of unbranched alkanes of at least 4 members (excludes halogenated alkanes) is 23. The molecular weight excluding hydrogens is 779 g/mol. The maximum absolute atomic E-state index is 13.2. The van der Waals surface area contributed by atoms with Crippen LogP contribution in [0.1, 0.15) is 252 Å². The van der Waals surface area contributed by atoms with Crippen LogP contribution >= 0.6 is 0 Å². The third kappa shape index (κ3) is 45.7. The highest BCUT2D eigenvalue weighted by atomic mass is 16.5. The quantitative estimate of drug-likeness (QED) is 0.0321. The van der Waals surface area contributed by atoms with Crippen molar-refractivity contribution >= 4 is 11.9 Å². The molecule has 0 aromatic carbocycles. The van der Waals surface area contributed by atoms with Crippen LogP contribution in [0.4, 0.5) is 0 Å². The van der Waals surface area contributed by atoms with E-state index in [-0.39, 0.29) is 24.9 Å². The molecule has 0 fully saturated rings. The summed E-state index contributed by atoms with van der Waals surface area (Å²) >= 11 is 0. The van der Waals surface area contributed by atoms with Crippen molar-refractivity contribution in [2.75, 3.05) is 6.61 Å². The minimum atomic E-state index is -0.798. The van der Waals surface area contributed by atoms with Crippen molar-refractivity contribution in [1.29, 1.82) is 0 Å². The van der Waals surface area contributed by atoms with Crippen LogP contribution in [0.15, 0.2) is 72.9 Å². The fourth-order valence-electron chi connectivity index (χ4n) is 7.75. The van der Waals surface area contributed by atoms with Gasteiger partial charge in [0.05, 0.1) is 25.2 Å². The molecule has 1 amide bonds. The zero-order chi connectivity index (χ0) is 45.9. The number of ether oxygens (including phenoxy) is 1. The van der Waals surface area contributed by atoms with Gasteiger partial charge in [0.2, 0.25) is 5.91 Å². The van der Waals surface area contributed by atoms with Crippen molar-refractivity contribution in [3.63, 3.8) is 0 Å². The van der Waals surface area contributed by atoms with Crippen molar-refractivity contribution < 1.29 is 24.5 Å². The van der Waals surface area contributed by atoms with E-state index in [2.05, 4.69) is 99.0 Å². The third-order valence-electron chi connectivity index (χ3n) is 11.8. The van der Waals surface area contributed by atoms with Gasteiger partial charge in [-0.25, -0.2) is 0 Å². The summed E-state index contributed by atoms with van der Waals surface area (Å²) in [6.45, 7) is 6.33. The van der Waals surface area contributed by atoms with Gasteiger partial charge in [0.1, 0.15) is 6.10 Å². The second-order valence-corrected chi connectivity index (χ2v) is 17.9. The smallest absolute Gasteiger partial charge is 0.306 e. The number of rotatable bonds is 47. The third-order valence-corrected chi connectivity index (χ3v) is 11.8. The Bertz CT molecular complexity index is 1170. The average molecular weight is 880 g/mol. The Morgan fingerprint density at radius 1 is 0.476 bits per heavy atom. The Kier molecular flexibility index (Phi) is 48.1. The lowest BCUT2D eigenvalue weighted by atomic mass is 10.0. The molecule has 0 heterocycles. The Balaban J connectivity index is 4.66. The normalized spacial score (nSPS) is 13.8. The van der Waals surface area contributed by atoms with Crippen molar-refractivity contribution in [3.8, 4) is 0 Å². The fourth-order valence-corrected chi connectivity index (χ4v) is 7.75. The summed E-state index contributed by atoms with van der Waals surface area (Å²) in [5.41, 5.74) is 0. The molecule has 0 aliphatic heterocycles. The lowest BCUT2D eigenvalue weighted by Crippen LogP contribution is -2.46. The van der Waals surface area contributed by atoms with Gasteiger partial charge in [-0.2, -0.15) is 0 Å². The summed E-state index contributed by atoms with van der Waals surface area (Å²) in [7, 11) is 0. The molecule has 0 aliphatic rings. The van der Waals surface area contributed by atoms with Gasteiger partial charge in [-0.3, -0.25) is 9.59 Å². The van der Waals surface area contributed by atoms with Crippen molar-refractivity contribution in [2.45, 2.75) is 270 Å². The molecule has 0 aromatic rings. The van der Waals surface area contributed by atoms with E-state index < -0.39 is 18.2 Å². The number of hydrogen-bond donors (Lipinski definition) is 3. The number of amides is 1. The molecule has 0 spiro atoms. The van der Waals surface area contributed by atoms with Gasteiger partial charge in [0, 0.05) is 6.42 Å². The second-order valence-electron chi connectivity index (χ2n) is 17.9. The molecular formula is C57H101NO5. The van der Waals surface area contributed by atoms with Crippen molar-refractivity contribution in [1.82, 2.24) is 5.32 Å². The second kappa shape index (κ2) is 50.3. The molecule has 0 aliphatic carbocycles. The molecule has 0 rings (SSSR count). The van der Waals surface area contributed by atoms with E-state index in [9.17, 15) is 19.8 Å². The van der Waals surface area contributed by atoms with E-state index >= 15 is 0 Å². The first kappa shape index (κ1) is 60.3. The molecule has 0 bridgehead atoms. The largest absolute Gasteiger partial charge is 0.462 e. The standard InChI is InChI=1S/C57H101NO5/c1-4-7-10-13-16-19-22-24-26-28-29-31-34-36-39-42-45-48-53(63-57(62)50-47-44-41-38-35-32-30-27-25-23-20-17-14-11-8-5-2)51-56(61)58-54(52-59)55(60)49-46-43-40-37-33-21-18-15-12-9-6-3/h8,11,16-17,19-20,24-27,32,35,53-55,59-60H,4-7,9-10,12-15,18,21-23,28-31,33-34,36-52H2,1-3H3,(H,58,61)/b11-8+,19-16-,20-17+,26-24-,27-25+,35-32+. The molecule has 0 aromatic heterocycles. The maximum atomic E-state index is 13.2. The maximum Gasteiger partial charge on any atom is 0.306 e. The van der Waals surface area contributed by atoms with E-state index in [0.29, 0.717) is 19.3 Å². The monoisotopic (exact) mass is 880 g/mol. The van der Waals surface area contributed by atoms with Crippen LogP contribution in [0, 0.1) is 0 Å². The number of nitrogens with one attached hydrogen (secondary N) is 1. The SMILES string of the molecule is CC/C=C/C/C=C/C/C=C/C/C=C/CCCCCC(=O)OC(CCCCCCCCC/C=C\C/C=C\CCCCC)CC(=O)NC(CO)C(O)CCCCCCCCCCCCC. The molecule has 0 radical (unpaired) electrons. The number of carbonyl (C=O) groups is 2. The molecule has 364 valence electrons. The summed E-state index contributed by atoms with van der Waals surface area (Å²) < 4.78 is 5.93. The first-order chi connectivity index (χ1) is 31.0. The summed E-state index contributed by atoms with van der Waals surface area (Å²) in [4.78, 5) is 26.2. The number of allylic oxidation sites excluding steroid dienone is 12. The van der Waals surface area contributed by atoms with Crippen LogP contribution in [0.3, 0.4) is 0 Å². The van der Waals surface area contributed by atoms with Crippen LogP contribution in [-0.2, 0) is 14.3 Å². The van der Waals surface area contributed by atoms with Gasteiger partial charge in [0.25, 0.3) is 0 Å². The van der Waals surface area contributed by atoms with Gasteiger partial charge >= 0.3 is 5.97 Å². The van der Waals surface area contributed by atoms with Crippen LogP contribution < -0.4 is 5.32 Å². The zero-order valence-electron chi connectivity index (χ0n) is 41.4. The highest BCUT2D eigenvalue weighted by Gasteiger charge is 2.24. The summed E-state index contributed by atoms with van der Waals surface area (Å²) in [5.74, 6) is -0.518. The molecule has 3 atom stereocenters. The van der Waals surface area contributed by atoms with Crippen LogP contribution in [0.5, 0.6) is 0 Å². The number of carbonyl (C=O) groups excluding carboxylic acids is 2. The fraction of sp³-hybridized carbons (Fsp3) is 0.754. The van der Waals surface area contributed by atoms with Crippen LogP contribution in [0.25, 0.3) is 0 Å².